The van der Waals surface area contributed by atoms with Gasteiger partial charge in [0.05, 0.1) is 10.6 Å². The molecule has 1 aliphatic heterocycles. The Morgan fingerprint density at radius 1 is 1.35 bits per heavy atom. The number of amides is 1. The summed E-state index contributed by atoms with van der Waals surface area (Å²) in [6, 6.07) is 4.05. The third-order valence-electron chi connectivity index (χ3n) is 4.23. The maximum atomic E-state index is 12.7. The molecule has 1 amide bonds. The normalized spacial score (nSPS) is 16.3. The molecule has 2 aromatic rings. The fourth-order valence-electron chi connectivity index (χ4n) is 2.92. The minimum absolute atomic E-state index is 0.181. The molecule has 3 rings (SSSR count). The van der Waals surface area contributed by atoms with E-state index in [0.29, 0.717) is 5.92 Å². The van der Waals surface area contributed by atoms with Crippen molar-refractivity contribution < 1.29 is 9.32 Å². The maximum absolute atomic E-state index is 12.7. The van der Waals surface area contributed by atoms with Crippen LogP contribution in [-0.4, -0.2) is 47.0 Å². The van der Waals surface area contributed by atoms with Crippen LogP contribution in [-0.2, 0) is 6.54 Å². The molecule has 124 valence electrons. The van der Waals surface area contributed by atoms with Crippen LogP contribution in [0.4, 0.5) is 0 Å². The molecular weight excluding hydrogens is 310 g/mol. The molecule has 2 aromatic heterocycles. The Bertz CT molecular complexity index is 669. The van der Waals surface area contributed by atoms with Crippen molar-refractivity contribution in [3.63, 3.8) is 0 Å². The van der Waals surface area contributed by atoms with E-state index in [0.717, 1.165) is 49.1 Å². The molecule has 23 heavy (non-hydrogen) atoms. The second kappa shape index (κ2) is 6.84. The van der Waals surface area contributed by atoms with Crippen molar-refractivity contribution in [2.24, 2.45) is 0 Å². The van der Waals surface area contributed by atoms with Crippen molar-refractivity contribution in [2.45, 2.75) is 33.2 Å². The predicted molar refractivity (Wildman–Crippen MR) is 90.8 cm³/mol. The number of carbonyl (C=O) groups is 1. The van der Waals surface area contributed by atoms with Gasteiger partial charge in [-0.05, 0) is 29.9 Å². The molecule has 0 saturated carbocycles. The molecule has 0 N–H and O–H groups in total. The summed E-state index contributed by atoms with van der Waals surface area (Å²) in [5.41, 5.74) is 2.13. The quantitative estimate of drug-likeness (QED) is 0.862. The van der Waals surface area contributed by atoms with Gasteiger partial charge >= 0.3 is 0 Å². The molecule has 1 fully saturated rings. The Morgan fingerprint density at radius 3 is 2.70 bits per heavy atom. The van der Waals surface area contributed by atoms with Crippen molar-refractivity contribution in [1.29, 1.82) is 0 Å². The Labute approximate surface area is 140 Å². The second-order valence-electron chi connectivity index (χ2n) is 6.36. The lowest BCUT2D eigenvalue weighted by atomic mass is 10.0. The molecule has 1 aliphatic rings. The molecule has 3 heterocycles. The van der Waals surface area contributed by atoms with Crippen LogP contribution in [0.1, 0.15) is 46.5 Å². The van der Waals surface area contributed by atoms with E-state index in [2.05, 4.69) is 30.0 Å². The highest BCUT2D eigenvalue weighted by Crippen LogP contribution is 2.26. The molecule has 0 unspecified atom stereocenters. The van der Waals surface area contributed by atoms with Crippen LogP contribution in [0.3, 0.4) is 0 Å². The summed E-state index contributed by atoms with van der Waals surface area (Å²) in [5, 5.41) is 6.06. The zero-order valence-corrected chi connectivity index (χ0v) is 14.7. The van der Waals surface area contributed by atoms with Crippen LogP contribution in [0, 0.1) is 6.92 Å². The summed E-state index contributed by atoms with van der Waals surface area (Å²) < 4.78 is 5.11. The first kappa shape index (κ1) is 16.2. The SMILES string of the molecule is Cc1cc(CN2CCN(C(=O)c3sccc3C(C)C)CC2)no1. The van der Waals surface area contributed by atoms with E-state index < -0.39 is 0 Å². The second-order valence-corrected chi connectivity index (χ2v) is 7.27. The molecule has 1 saturated heterocycles. The fourth-order valence-corrected chi connectivity index (χ4v) is 3.94. The number of piperazine rings is 1. The van der Waals surface area contributed by atoms with Gasteiger partial charge in [-0.1, -0.05) is 19.0 Å². The van der Waals surface area contributed by atoms with E-state index in [4.69, 9.17) is 4.52 Å². The smallest absolute Gasteiger partial charge is 0.264 e. The molecule has 0 atom stereocenters. The first-order valence-electron chi connectivity index (χ1n) is 8.06. The van der Waals surface area contributed by atoms with Gasteiger partial charge in [0, 0.05) is 38.8 Å². The van der Waals surface area contributed by atoms with Gasteiger partial charge in [0.25, 0.3) is 5.91 Å². The van der Waals surface area contributed by atoms with Crippen LogP contribution >= 0.6 is 11.3 Å². The lowest BCUT2D eigenvalue weighted by molar-refractivity contribution is 0.0629. The maximum Gasteiger partial charge on any atom is 0.264 e. The number of hydrogen-bond acceptors (Lipinski definition) is 5. The molecular formula is C17H23N3O2S. The number of thiophene rings is 1. The number of aryl methyl sites for hydroxylation is 1. The number of carbonyl (C=O) groups excluding carboxylic acids is 1. The largest absolute Gasteiger partial charge is 0.361 e. The van der Waals surface area contributed by atoms with Crippen LogP contribution in [0.2, 0.25) is 0 Å². The lowest BCUT2D eigenvalue weighted by Crippen LogP contribution is -2.48. The van der Waals surface area contributed by atoms with Gasteiger partial charge < -0.3 is 9.42 Å². The number of rotatable bonds is 4. The van der Waals surface area contributed by atoms with E-state index in [-0.39, 0.29) is 5.91 Å². The fraction of sp³-hybridized carbons (Fsp3) is 0.529. The van der Waals surface area contributed by atoms with Crippen molar-refractivity contribution in [3.8, 4) is 0 Å². The molecule has 6 heteroatoms. The van der Waals surface area contributed by atoms with E-state index in [1.54, 1.807) is 11.3 Å². The Hall–Kier alpha value is -1.66. The average Bonchev–Trinajstić information content (AvgIpc) is 3.16. The van der Waals surface area contributed by atoms with Crippen molar-refractivity contribution in [2.75, 3.05) is 26.2 Å². The van der Waals surface area contributed by atoms with E-state index in [9.17, 15) is 4.79 Å². The minimum Gasteiger partial charge on any atom is -0.361 e. The molecule has 0 aliphatic carbocycles. The molecule has 0 radical (unpaired) electrons. The van der Waals surface area contributed by atoms with Gasteiger partial charge in [-0.3, -0.25) is 9.69 Å². The highest BCUT2D eigenvalue weighted by atomic mass is 32.1. The van der Waals surface area contributed by atoms with Crippen LogP contribution in [0.25, 0.3) is 0 Å². The first-order chi connectivity index (χ1) is 11.0. The Kier molecular flexibility index (Phi) is 4.82. The third kappa shape index (κ3) is 3.64. The van der Waals surface area contributed by atoms with Gasteiger partial charge in [-0.25, -0.2) is 0 Å². The number of hydrogen-bond donors (Lipinski definition) is 0. The van der Waals surface area contributed by atoms with E-state index in [1.807, 2.05) is 23.3 Å². The predicted octanol–water partition coefficient (Wildman–Crippen LogP) is 3.13. The summed E-state index contributed by atoms with van der Waals surface area (Å²) in [5.74, 6) is 1.41. The number of nitrogens with zero attached hydrogens (tertiary/aromatic N) is 3. The van der Waals surface area contributed by atoms with Gasteiger partial charge in [0.2, 0.25) is 0 Å². The highest BCUT2D eigenvalue weighted by molar-refractivity contribution is 7.12. The summed E-state index contributed by atoms with van der Waals surface area (Å²) in [6.07, 6.45) is 0. The topological polar surface area (TPSA) is 49.6 Å². The average molecular weight is 333 g/mol. The number of aromatic nitrogens is 1. The Morgan fingerprint density at radius 2 is 2.09 bits per heavy atom. The van der Waals surface area contributed by atoms with Gasteiger partial charge in [-0.2, -0.15) is 0 Å². The summed E-state index contributed by atoms with van der Waals surface area (Å²) in [4.78, 5) is 17.9. The van der Waals surface area contributed by atoms with Crippen LogP contribution in [0.5, 0.6) is 0 Å². The lowest BCUT2D eigenvalue weighted by Gasteiger charge is -2.34. The molecule has 0 bridgehead atoms. The van der Waals surface area contributed by atoms with Crippen LogP contribution in [0.15, 0.2) is 22.0 Å². The van der Waals surface area contributed by atoms with E-state index >= 15 is 0 Å². The summed E-state index contributed by atoms with van der Waals surface area (Å²) >= 11 is 1.56. The summed E-state index contributed by atoms with van der Waals surface area (Å²) in [6.45, 7) is 10.2. The van der Waals surface area contributed by atoms with Gasteiger partial charge in [-0.15, -0.1) is 11.3 Å². The zero-order chi connectivity index (χ0) is 16.4. The van der Waals surface area contributed by atoms with Crippen molar-refractivity contribution >= 4 is 17.2 Å². The standard InChI is InChI=1S/C17H23N3O2S/c1-12(2)15-4-9-23-16(15)17(21)20-7-5-19(6-8-20)11-14-10-13(3)22-18-14/h4,9-10,12H,5-8,11H2,1-3H3. The Balaban J connectivity index is 1.58. The highest BCUT2D eigenvalue weighted by Gasteiger charge is 2.25. The summed E-state index contributed by atoms with van der Waals surface area (Å²) in [7, 11) is 0. The van der Waals surface area contributed by atoms with Crippen LogP contribution < -0.4 is 0 Å². The monoisotopic (exact) mass is 333 g/mol. The van der Waals surface area contributed by atoms with Gasteiger partial charge in [0.1, 0.15) is 5.76 Å². The molecule has 0 spiro atoms. The zero-order valence-electron chi connectivity index (χ0n) is 13.9. The minimum atomic E-state index is 0.181. The van der Waals surface area contributed by atoms with Crippen molar-refractivity contribution in [3.05, 3.63) is 39.4 Å². The van der Waals surface area contributed by atoms with Crippen molar-refractivity contribution in [1.82, 2.24) is 15.0 Å². The first-order valence-corrected chi connectivity index (χ1v) is 8.93. The third-order valence-corrected chi connectivity index (χ3v) is 5.15. The molecule has 5 nitrogen and oxygen atoms in total. The molecule has 0 aromatic carbocycles. The van der Waals surface area contributed by atoms with Gasteiger partial charge in [0.15, 0.2) is 0 Å². The van der Waals surface area contributed by atoms with E-state index in [1.165, 1.54) is 5.56 Å².